The van der Waals surface area contributed by atoms with E-state index in [9.17, 15) is 4.79 Å². The number of benzene rings is 1. The standard InChI is InChI=1S/C19H26N4O3/c1-14-17(12-21-22(14)2)19(24)20-13-18(23-8-10-26-11-9-23)15-4-6-16(25-3)7-5-15/h4-7,12,18H,8-11,13H2,1-3H3,(H,20,24)/t18-/m0/s1. The smallest absolute Gasteiger partial charge is 0.254 e. The highest BCUT2D eigenvalue weighted by atomic mass is 16.5. The van der Waals surface area contributed by atoms with Gasteiger partial charge in [-0.15, -0.1) is 0 Å². The van der Waals surface area contributed by atoms with Crippen LogP contribution in [0.4, 0.5) is 0 Å². The average molecular weight is 358 g/mol. The molecule has 140 valence electrons. The van der Waals surface area contributed by atoms with Crippen molar-refractivity contribution in [3.63, 3.8) is 0 Å². The number of hydrogen-bond donors (Lipinski definition) is 1. The van der Waals surface area contributed by atoms with E-state index in [1.54, 1.807) is 18.0 Å². The summed E-state index contributed by atoms with van der Waals surface area (Å²) in [5.41, 5.74) is 2.62. The number of ether oxygens (including phenoxy) is 2. The van der Waals surface area contributed by atoms with Gasteiger partial charge in [-0.1, -0.05) is 12.1 Å². The van der Waals surface area contributed by atoms with E-state index in [0.29, 0.717) is 25.3 Å². The summed E-state index contributed by atoms with van der Waals surface area (Å²) >= 11 is 0. The predicted octanol–water partition coefficient (Wildman–Crippen LogP) is 1.54. The van der Waals surface area contributed by atoms with Crippen LogP contribution in [0, 0.1) is 6.92 Å². The van der Waals surface area contributed by atoms with E-state index in [1.165, 1.54) is 0 Å². The summed E-state index contributed by atoms with van der Waals surface area (Å²) in [4.78, 5) is 14.9. The number of carbonyl (C=O) groups excluding carboxylic acids is 1. The maximum Gasteiger partial charge on any atom is 0.254 e. The van der Waals surface area contributed by atoms with E-state index in [1.807, 2.05) is 26.1 Å². The maximum absolute atomic E-state index is 12.6. The maximum atomic E-state index is 12.6. The van der Waals surface area contributed by atoms with Gasteiger partial charge in [0.25, 0.3) is 5.91 Å². The SMILES string of the molecule is COc1ccc([C@H](CNC(=O)c2cnn(C)c2C)N2CCOCC2)cc1. The van der Waals surface area contributed by atoms with Crippen molar-refractivity contribution in [2.45, 2.75) is 13.0 Å². The van der Waals surface area contributed by atoms with Crippen LogP contribution in [0.15, 0.2) is 30.5 Å². The van der Waals surface area contributed by atoms with Gasteiger partial charge in [0.2, 0.25) is 0 Å². The Kier molecular flexibility index (Phi) is 5.90. The van der Waals surface area contributed by atoms with E-state index in [0.717, 1.165) is 30.1 Å². The number of nitrogens with one attached hydrogen (secondary N) is 1. The van der Waals surface area contributed by atoms with Crippen LogP contribution < -0.4 is 10.1 Å². The average Bonchev–Trinajstić information content (AvgIpc) is 3.02. The molecular weight excluding hydrogens is 332 g/mol. The molecule has 1 aromatic carbocycles. The van der Waals surface area contributed by atoms with Gasteiger partial charge >= 0.3 is 0 Å². The molecule has 1 aliphatic heterocycles. The Balaban J connectivity index is 1.74. The molecule has 3 rings (SSSR count). The minimum atomic E-state index is -0.0950. The lowest BCUT2D eigenvalue weighted by atomic mass is 10.0. The van der Waals surface area contributed by atoms with Crippen molar-refractivity contribution >= 4 is 5.91 Å². The monoisotopic (exact) mass is 358 g/mol. The van der Waals surface area contributed by atoms with Gasteiger partial charge in [0.05, 0.1) is 38.1 Å². The van der Waals surface area contributed by atoms with Crippen LogP contribution >= 0.6 is 0 Å². The number of aromatic nitrogens is 2. The van der Waals surface area contributed by atoms with Gasteiger partial charge in [-0.25, -0.2) is 0 Å². The summed E-state index contributed by atoms with van der Waals surface area (Å²) < 4.78 is 12.4. The molecule has 1 aliphatic rings. The van der Waals surface area contributed by atoms with E-state index in [2.05, 4.69) is 27.4 Å². The highest BCUT2D eigenvalue weighted by molar-refractivity contribution is 5.95. The molecule has 1 aromatic heterocycles. The minimum absolute atomic E-state index is 0.0886. The molecule has 7 heteroatoms. The fourth-order valence-corrected chi connectivity index (χ4v) is 3.18. The zero-order chi connectivity index (χ0) is 18.5. The van der Waals surface area contributed by atoms with Gasteiger partial charge < -0.3 is 14.8 Å². The Labute approximate surface area is 153 Å². The summed E-state index contributed by atoms with van der Waals surface area (Å²) in [6.45, 7) is 5.53. The molecule has 0 radical (unpaired) electrons. The third-order valence-corrected chi connectivity index (χ3v) is 4.92. The van der Waals surface area contributed by atoms with Gasteiger partial charge in [-0.05, 0) is 24.6 Å². The second-order valence-corrected chi connectivity index (χ2v) is 6.41. The van der Waals surface area contributed by atoms with Crippen molar-refractivity contribution in [1.82, 2.24) is 20.0 Å². The molecule has 1 fully saturated rings. The molecule has 1 amide bonds. The first-order valence-electron chi connectivity index (χ1n) is 8.82. The summed E-state index contributed by atoms with van der Waals surface area (Å²) in [6, 6.07) is 8.11. The van der Waals surface area contributed by atoms with E-state index < -0.39 is 0 Å². The van der Waals surface area contributed by atoms with Gasteiger partial charge in [-0.2, -0.15) is 5.10 Å². The summed E-state index contributed by atoms with van der Waals surface area (Å²) in [6.07, 6.45) is 1.61. The normalized spacial score (nSPS) is 16.3. The van der Waals surface area contributed by atoms with Crippen LogP contribution in [0.2, 0.25) is 0 Å². The second kappa shape index (κ2) is 8.33. The molecule has 26 heavy (non-hydrogen) atoms. The predicted molar refractivity (Wildman–Crippen MR) is 98.4 cm³/mol. The van der Waals surface area contributed by atoms with Crippen LogP contribution in [0.25, 0.3) is 0 Å². The van der Waals surface area contributed by atoms with Crippen LogP contribution in [0.1, 0.15) is 27.7 Å². The van der Waals surface area contributed by atoms with Gasteiger partial charge in [-0.3, -0.25) is 14.4 Å². The van der Waals surface area contributed by atoms with Crippen molar-refractivity contribution in [3.05, 3.63) is 47.3 Å². The summed E-state index contributed by atoms with van der Waals surface area (Å²) in [7, 11) is 3.49. The van der Waals surface area contributed by atoms with E-state index >= 15 is 0 Å². The van der Waals surface area contributed by atoms with E-state index in [-0.39, 0.29) is 11.9 Å². The lowest BCUT2D eigenvalue weighted by molar-refractivity contribution is 0.0162. The number of methoxy groups -OCH3 is 1. The Bertz CT molecular complexity index is 736. The zero-order valence-corrected chi connectivity index (χ0v) is 15.6. The molecule has 0 unspecified atom stereocenters. The lowest BCUT2D eigenvalue weighted by Crippen LogP contribution is -2.43. The summed E-state index contributed by atoms with van der Waals surface area (Å²) in [5, 5.41) is 7.22. The molecule has 2 aromatic rings. The molecule has 1 atom stereocenters. The summed E-state index contributed by atoms with van der Waals surface area (Å²) in [5.74, 6) is 0.729. The number of morpholine rings is 1. The molecule has 0 aliphatic carbocycles. The first kappa shape index (κ1) is 18.4. The molecule has 0 saturated carbocycles. The third-order valence-electron chi connectivity index (χ3n) is 4.92. The zero-order valence-electron chi connectivity index (χ0n) is 15.6. The Morgan fingerprint density at radius 1 is 1.31 bits per heavy atom. The van der Waals surface area contributed by atoms with Crippen LogP contribution in [-0.4, -0.2) is 60.5 Å². The second-order valence-electron chi connectivity index (χ2n) is 6.41. The van der Waals surface area contributed by atoms with Crippen LogP contribution in [0.5, 0.6) is 5.75 Å². The van der Waals surface area contributed by atoms with Crippen LogP contribution in [0.3, 0.4) is 0 Å². The number of carbonyl (C=O) groups is 1. The molecular formula is C19H26N4O3. The van der Waals surface area contributed by atoms with Gasteiger partial charge in [0, 0.05) is 32.4 Å². The van der Waals surface area contributed by atoms with Gasteiger partial charge in [0.15, 0.2) is 0 Å². The number of hydrogen-bond acceptors (Lipinski definition) is 5. The minimum Gasteiger partial charge on any atom is -0.497 e. The highest BCUT2D eigenvalue weighted by Crippen LogP contribution is 2.24. The first-order chi connectivity index (χ1) is 12.6. The Hall–Kier alpha value is -2.38. The number of nitrogens with zero attached hydrogens (tertiary/aromatic N) is 3. The largest absolute Gasteiger partial charge is 0.497 e. The quantitative estimate of drug-likeness (QED) is 0.848. The third kappa shape index (κ3) is 4.05. The molecule has 7 nitrogen and oxygen atoms in total. The number of aryl methyl sites for hydroxylation is 1. The molecule has 1 saturated heterocycles. The van der Waals surface area contributed by atoms with Crippen molar-refractivity contribution in [1.29, 1.82) is 0 Å². The molecule has 0 bridgehead atoms. The van der Waals surface area contributed by atoms with E-state index in [4.69, 9.17) is 9.47 Å². The molecule has 1 N–H and O–H groups in total. The van der Waals surface area contributed by atoms with Crippen molar-refractivity contribution in [3.8, 4) is 5.75 Å². The first-order valence-corrected chi connectivity index (χ1v) is 8.82. The Morgan fingerprint density at radius 3 is 2.58 bits per heavy atom. The molecule has 2 heterocycles. The van der Waals surface area contributed by atoms with Crippen LogP contribution in [-0.2, 0) is 11.8 Å². The Morgan fingerprint density at radius 2 is 2.00 bits per heavy atom. The van der Waals surface area contributed by atoms with Crippen molar-refractivity contribution in [2.24, 2.45) is 7.05 Å². The van der Waals surface area contributed by atoms with Gasteiger partial charge in [0.1, 0.15) is 5.75 Å². The number of amides is 1. The fraction of sp³-hybridized carbons (Fsp3) is 0.474. The topological polar surface area (TPSA) is 68.6 Å². The highest BCUT2D eigenvalue weighted by Gasteiger charge is 2.24. The molecule has 0 spiro atoms. The van der Waals surface area contributed by atoms with Crippen molar-refractivity contribution < 1.29 is 14.3 Å². The fourth-order valence-electron chi connectivity index (χ4n) is 3.18. The number of rotatable bonds is 6. The van der Waals surface area contributed by atoms with Crippen molar-refractivity contribution in [2.75, 3.05) is 40.0 Å². The lowest BCUT2D eigenvalue weighted by Gasteiger charge is -2.35.